The Kier molecular flexibility index (Phi) is 4.96. The Morgan fingerprint density at radius 1 is 0.514 bits per heavy atom. The molecule has 0 atom stereocenters. The van der Waals surface area contributed by atoms with Crippen molar-refractivity contribution in [2.45, 2.75) is 19.3 Å². The first-order valence-electron chi connectivity index (χ1n) is 12.1. The second kappa shape index (κ2) is 8.18. The van der Waals surface area contributed by atoms with Crippen molar-refractivity contribution in [2.24, 2.45) is 0 Å². The van der Waals surface area contributed by atoms with Crippen LogP contribution in [-0.4, -0.2) is 0 Å². The topological polar surface area (TPSA) is 29.3 Å². The van der Waals surface area contributed by atoms with Gasteiger partial charge in [-0.15, -0.1) is 0 Å². The Morgan fingerprint density at radius 2 is 1.11 bits per heavy atom. The molecule has 2 heteroatoms. The van der Waals surface area contributed by atoms with E-state index < -0.39 is 0 Å². The van der Waals surface area contributed by atoms with Gasteiger partial charge in [0, 0.05) is 33.7 Å². The highest BCUT2D eigenvalue weighted by Crippen LogP contribution is 2.51. The van der Waals surface area contributed by atoms with Gasteiger partial charge in [-0.25, -0.2) is 0 Å². The third-order valence-corrected chi connectivity index (χ3v) is 7.20. The van der Waals surface area contributed by atoms with E-state index in [2.05, 4.69) is 128 Å². The standard InChI is InChI=1S/C33H28N2/c1-33(2)30-19-10-9-18-27(30)29-21-28(32(34)22-31(29)33)23-12-11-17-26(20-23)35(24-13-5-3-6-14-24)25-15-7-4-8-16-25/h3-22H,34H2,1-2H3. The third-order valence-electron chi connectivity index (χ3n) is 7.20. The van der Waals surface area contributed by atoms with Crippen LogP contribution in [0.5, 0.6) is 0 Å². The fourth-order valence-corrected chi connectivity index (χ4v) is 5.43. The van der Waals surface area contributed by atoms with Crippen molar-refractivity contribution in [1.29, 1.82) is 0 Å². The summed E-state index contributed by atoms with van der Waals surface area (Å²) in [5, 5.41) is 0. The van der Waals surface area contributed by atoms with E-state index in [1.807, 2.05) is 12.1 Å². The Bertz CT molecular complexity index is 1480. The lowest BCUT2D eigenvalue weighted by atomic mass is 9.82. The maximum Gasteiger partial charge on any atom is 0.0467 e. The SMILES string of the molecule is CC1(C)c2ccccc2-c2cc(-c3cccc(N(c4ccccc4)c4ccccc4)c3)c(N)cc21. The molecular weight excluding hydrogens is 424 g/mol. The Labute approximate surface area is 207 Å². The summed E-state index contributed by atoms with van der Waals surface area (Å²) in [6, 6.07) is 42.8. The minimum Gasteiger partial charge on any atom is -0.398 e. The Balaban J connectivity index is 1.50. The van der Waals surface area contributed by atoms with Crippen LogP contribution in [0.1, 0.15) is 25.0 Å². The zero-order valence-corrected chi connectivity index (χ0v) is 20.1. The second-order valence-electron chi connectivity index (χ2n) is 9.71. The van der Waals surface area contributed by atoms with E-state index in [1.165, 1.54) is 22.3 Å². The lowest BCUT2D eigenvalue weighted by molar-refractivity contribution is 0.661. The molecule has 6 rings (SSSR count). The van der Waals surface area contributed by atoms with E-state index in [4.69, 9.17) is 5.73 Å². The van der Waals surface area contributed by atoms with E-state index in [0.29, 0.717) is 0 Å². The molecule has 170 valence electrons. The van der Waals surface area contributed by atoms with Crippen molar-refractivity contribution in [3.63, 3.8) is 0 Å². The number of nitrogens with two attached hydrogens (primary N) is 1. The first kappa shape index (κ1) is 21.2. The van der Waals surface area contributed by atoms with Gasteiger partial charge in [-0.05, 0) is 76.3 Å². The van der Waals surface area contributed by atoms with Crippen molar-refractivity contribution in [1.82, 2.24) is 0 Å². The largest absolute Gasteiger partial charge is 0.398 e. The number of nitrogens with zero attached hydrogens (tertiary/aromatic N) is 1. The second-order valence-corrected chi connectivity index (χ2v) is 9.71. The van der Waals surface area contributed by atoms with Crippen LogP contribution in [0, 0.1) is 0 Å². The number of hydrogen-bond donors (Lipinski definition) is 1. The molecule has 0 fully saturated rings. The molecule has 1 aliphatic rings. The molecule has 2 nitrogen and oxygen atoms in total. The molecule has 0 saturated heterocycles. The van der Waals surface area contributed by atoms with Gasteiger partial charge >= 0.3 is 0 Å². The minimum absolute atomic E-state index is 0.0577. The highest BCUT2D eigenvalue weighted by molar-refractivity contribution is 5.90. The molecule has 1 aliphatic carbocycles. The molecule has 0 amide bonds. The van der Waals surface area contributed by atoms with Crippen molar-refractivity contribution < 1.29 is 0 Å². The predicted molar refractivity (Wildman–Crippen MR) is 149 cm³/mol. The van der Waals surface area contributed by atoms with Crippen LogP contribution in [0.25, 0.3) is 22.3 Å². The number of anilines is 4. The molecule has 0 saturated carbocycles. The summed E-state index contributed by atoms with van der Waals surface area (Å²) >= 11 is 0. The van der Waals surface area contributed by atoms with Crippen molar-refractivity contribution in [3.05, 3.63) is 132 Å². The van der Waals surface area contributed by atoms with Crippen LogP contribution in [0.2, 0.25) is 0 Å². The zero-order valence-electron chi connectivity index (χ0n) is 20.1. The molecular formula is C33H28N2. The number of para-hydroxylation sites is 2. The number of benzene rings is 5. The van der Waals surface area contributed by atoms with Crippen molar-refractivity contribution in [3.8, 4) is 22.3 Å². The molecule has 2 N–H and O–H groups in total. The minimum atomic E-state index is -0.0577. The highest BCUT2D eigenvalue weighted by Gasteiger charge is 2.35. The summed E-state index contributed by atoms with van der Waals surface area (Å²) in [4.78, 5) is 2.28. The smallest absolute Gasteiger partial charge is 0.0467 e. The first-order chi connectivity index (χ1) is 17.0. The summed E-state index contributed by atoms with van der Waals surface area (Å²) in [5.74, 6) is 0. The molecule has 0 bridgehead atoms. The summed E-state index contributed by atoms with van der Waals surface area (Å²) in [5.41, 5.74) is 18.2. The van der Waals surface area contributed by atoms with Crippen LogP contribution >= 0.6 is 0 Å². The average molecular weight is 453 g/mol. The first-order valence-corrected chi connectivity index (χ1v) is 12.1. The third kappa shape index (κ3) is 3.50. The zero-order chi connectivity index (χ0) is 24.0. The van der Waals surface area contributed by atoms with Gasteiger partial charge in [0.1, 0.15) is 0 Å². The van der Waals surface area contributed by atoms with Gasteiger partial charge < -0.3 is 10.6 Å². The maximum absolute atomic E-state index is 6.72. The van der Waals surface area contributed by atoms with E-state index in [0.717, 1.165) is 33.9 Å². The molecule has 35 heavy (non-hydrogen) atoms. The van der Waals surface area contributed by atoms with Crippen molar-refractivity contribution >= 4 is 22.7 Å². The van der Waals surface area contributed by atoms with E-state index in [9.17, 15) is 0 Å². The van der Waals surface area contributed by atoms with Gasteiger partial charge in [0.15, 0.2) is 0 Å². The van der Waals surface area contributed by atoms with Crippen LogP contribution < -0.4 is 10.6 Å². The van der Waals surface area contributed by atoms with Crippen LogP contribution in [0.3, 0.4) is 0 Å². The van der Waals surface area contributed by atoms with E-state index in [-0.39, 0.29) is 5.41 Å². The quantitative estimate of drug-likeness (QED) is 0.276. The molecule has 0 radical (unpaired) electrons. The molecule has 0 aliphatic heterocycles. The summed E-state index contributed by atoms with van der Waals surface area (Å²) in [6.07, 6.45) is 0. The van der Waals surface area contributed by atoms with Crippen LogP contribution in [0.4, 0.5) is 22.7 Å². The van der Waals surface area contributed by atoms with E-state index >= 15 is 0 Å². The monoisotopic (exact) mass is 452 g/mol. The van der Waals surface area contributed by atoms with Gasteiger partial charge in [-0.3, -0.25) is 0 Å². The van der Waals surface area contributed by atoms with Crippen LogP contribution in [0.15, 0.2) is 121 Å². The van der Waals surface area contributed by atoms with Gasteiger partial charge in [-0.2, -0.15) is 0 Å². The number of hydrogen-bond acceptors (Lipinski definition) is 2. The molecule has 0 spiro atoms. The molecule has 5 aromatic carbocycles. The Hall–Kier alpha value is -4.30. The van der Waals surface area contributed by atoms with E-state index in [1.54, 1.807) is 0 Å². The summed E-state index contributed by atoms with van der Waals surface area (Å²) < 4.78 is 0. The summed E-state index contributed by atoms with van der Waals surface area (Å²) in [6.45, 7) is 4.57. The molecule has 0 heterocycles. The molecule has 0 aromatic heterocycles. The van der Waals surface area contributed by atoms with Crippen LogP contribution in [-0.2, 0) is 5.41 Å². The fraction of sp³-hybridized carbons (Fsp3) is 0.0909. The summed E-state index contributed by atoms with van der Waals surface area (Å²) in [7, 11) is 0. The highest BCUT2D eigenvalue weighted by atomic mass is 15.1. The number of fused-ring (bicyclic) bond motifs is 3. The Morgan fingerprint density at radius 3 is 1.80 bits per heavy atom. The van der Waals surface area contributed by atoms with Gasteiger partial charge in [0.25, 0.3) is 0 Å². The average Bonchev–Trinajstić information content (AvgIpc) is 3.11. The number of nitrogen functional groups attached to an aromatic ring is 1. The van der Waals surface area contributed by atoms with Crippen molar-refractivity contribution in [2.75, 3.05) is 10.6 Å². The number of rotatable bonds is 4. The van der Waals surface area contributed by atoms with Gasteiger partial charge in [-0.1, -0.05) is 86.6 Å². The van der Waals surface area contributed by atoms with Gasteiger partial charge in [0.05, 0.1) is 0 Å². The fourth-order valence-electron chi connectivity index (χ4n) is 5.43. The van der Waals surface area contributed by atoms with Gasteiger partial charge in [0.2, 0.25) is 0 Å². The molecule has 0 unspecified atom stereocenters. The molecule has 5 aromatic rings. The maximum atomic E-state index is 6.72. The lowest BCUT2D eigenvalue weighted by Gasteiger charge is -2.26. The lowest BCUT2D eigenvalue weighted by Crippen LogP contribution is -2.15. The normalized spacial score (nSPS) is 13.2. The predicted octanol–water partition coefficient (Wildman–Crippen LogP) is 8.71.